The van der Waals surface area contributed by atoms with Crippen molar-refractivity contribution >= 4 is 5.91 Å². The van der Waals surface area contributed by atoms with Gasteiger partial charge in [-0.2, -0.15) is 0 Å². The number of amides is 1. The molecule has 1 amide bonds. The van der Waals surface area contributed by atoms with Gasteiger partial charge in [0, 0.05) is 43.5 Å². The lowest BCUT2D eigenvalue weighted by Crippen LogP contribution is -2.34. The van der Waals surface area contributed by atoms with Crippen molar-refractivity contribution in [3.63, 3.8) is 0 Å². The number of fused-ring (bicyclic) bond motifs is 1. The second-order valence-corrected chi connectivity index (χ2v) is 7.38. The van der Waals surface area contributed by atoms with Gasteiger partial charge in [-0.1, -0.05) is 18.2 Å². The van der Waals surface area contributed by atoms with Crippen LogP contribution in [-0.2, 0) is 11.2 Å². The van der Waals surface area contributed by atoms with E-state index in [0.29, 0.717) is 24.3 Å². The molecule has 0 saturated carbocycles. The van der Waals surface area contributed by atoms with E-state index >= 15 is 0 Å². The molecule has 0 radical (unpaired) electrons. The van der Waals surface area contributed by atoms with Gasteiger partial charge in [0.2, 0.25) is 5.91 Å². The van der Waals surface area contributed by atoms with Gasteiger partial charge < -0.3 is 9.64 Å². The molecule has 0 aliphatic carbocycles. The first kappa shape index (κ1) is 17.0. The number of carbonyl (C=O) groups is 1. The summed E-state index contributed by atoms with van der Waals surface area (Å²) in [5.41, 5.74) is 2.15. The molecule has 3 heterocycles. The molecule has 5 nitrogen and oxygen atoms in total. The summed E-state index contributed by atoms with van der Waals surface area (Å²) < 4.78 is 5.28. The van der Waals surface area contributed by atoms with Crippen molar-refractivity contribution in [2.45, 2.75) is 12.5 Å². The lowest BCUT2D eigenvalue weighted by Gasteiger charge is -2.27. The van der Waals surface area contributed by atoms with E-state index < -0.39 is 0 Å². The van der Waals surface area contributed by atoms with E-state index in [1.165, 1.54) is 5.56 Å². The van der Waals surface area contributed by atoms with Crippen LogP contribution < -0.4 is 4.74 Å². The van der Waals surface area contributed by atoms with Crippen LogP contribution in [0.2, 0.25) is 0 Å². The molecule has 2 aromatic rings. The molecule has 136 valence electrons. The van der Waals surface area contributed by atoms with E-state index in [0.717, 1.165) is 31.1 Å². The molecular formula is C21H25N3O2. The van der Waals surface area contributed by atoms with Crippen LogP contribution >= 0.6 is 0 Å². The predicted octanol–water partition coefficient (Wildman–Crippen LogP) is 2.39. The Labute approximate surface area is 154 Å². The Balaban J connectivity index is 1.46. The fourth-order valence-electron chi connectivity index (χ4n) is 4.53. The first-order valence-electron chi connectivity index (χ1n) is 9.17. The molecule has 0 unspecified atom stereocenters. The third kappa shape index (κ3) is 3.19. The fraction of sp³-hybridized carbons (Fsp3) is 0.429. The first-order valence-corrected chi connectivity index (χ1v) is 9.17. The molecule has 0 bridgehead atoms. The maximum atomic E-state index is 12.7. The summed E-state index contributed by atoms with van der Waals surface area (Å²) in [6.07, 6.45) is 2.14. The molecule has 1 aromatic heterocycles. The van der Waals surface area contributed by atoms with E-state index in [-0.39, 0.29) is 5.91 Å². The Bertz CT molecular complexity index is 763. The maximum absolute atomic E-state index is 12.7. The van der Waals surface area contributed by atoms with Gasteiger partial charge in [-0.3, -0.25) is 14.7 Å². The standard InChI is InChI=1S/C21H25N3O2/c1-23-12-16-13-24(20(25)11-17-5-3-4-10-22-17)14-19(16)21(23)15-6-8-18(26-2)9-7-15/h3-10,16,19,21H,11-14H2,1-2H3/t16-,19+,21-/m0/s1. The van der Waals surface area contributed by atoms with Crippen LogP contribution in [0.25, 0.3) is 0 Å². The summed E-state index contributed by atoms with van der Waals surface area (Å²) in [6.45, 7) is 2.72. The van der Waals surface area contributed by atoms with Crippen LogP contribution in [0.5, 0.6) is 5.75 Å². The predicted molar refractivity (Wildman–Crippen MR) is 99.9 cm³/mol. The van der Waals surface area contributed by atoms with Crippen molar-refractivity contribution in [3.05, 3.63) is 59.9 Å². The minimum absolute atomic E-state index is 0.189. The van der Waals surface area contributed by atoms with Gasteiger partial charge in [-0.25, -0.2) is 0 Å². The van der Waals surface area contributed by atoms with Crippen LogP contribution in [0.4, 0.5) is 0 Å². The molecular weight excluding hydrogens is 326 g/mol. The smallest absolute Gasteiger partial charge is 0.228 e. The van der Waals surface area contributed by atoms with Crippen molar-refractivity contribution in [3.8, 4) is 5.75 Å². The van der Waals surface area contributed by atoms with Crippen molar-refractivity contribution in [1.82, 2.24) is 14.8 Å². The van der Waals surface area contributed by atoms with E-state index in [9.17, 15) is 4.79 Å². The summed E-state index contributed by atoms with van der Waals surface area (Å²) in [7, 11) is 3.88. The number of hydrogen-bond acceptors (Lipinski definition) is 4. The molecule has 0 N–H and O–H groups in total. The normalized spacial score (nSPS) is 25.3. The molecule has 2 aliphatic rings. The summed E-state index contributed by atoms with van der Waals surface area (Å²) in [6, 6.07) is 14.4. The number of ether oxygens (including phenoxy) is 1. The van der Waals surface area contributed by atoms with Crippen LogP contribution in [0.3, 0.4) is 0 Å². The van der Waals surface area contributed by atoms with Crippen LogP contribution in [0, 0.1) is 11.8 Å². The molecule has 5 heteroatoms. The highest BCUT2D eigenvalue weighted by atomic mass is 16.5. The molecule has 2 fully saturated rings. The molecule has 1 aromatic carbocycles. The largest absolute Gasteiger partial charge is 0.497 e. The Morgan fingerprint density at radius 2 is 1.96 bits per heavy atom. The molecule has 0 spiro atoms. The number of rotatable bonds is 4. The molecule has 3 atom stereocenters. The molecule has 26 heavy (non-hydrogen) atoms. The summed E-state index contributed by atoms with van der Waals surface area (Å²) in [5.74, 6) is 2.10. The van der Waals surface area contributed by atoms with Gasteiger partial charge in [0.1, 0.15) is 5.75 Å². The number of carbonyl (C=O) groups excluding carboxylic acids is 1. The minimum Gasteiger partial charge on any atom is -0.497 e. The van der Waals surface area contributed by atoms with Gasteiger partial charge in [-0.15, -0.1) is 0 Å². The van der Waals surface area contributed by atoms with Crippen LogP contribution in [0.15, 0.2) is 48.7 Å². The zero-order valence-electron chi connectivity index (χ0n) is 15.3. The van der Waals surface area contributed by atoms with Crippen molar-refractivity contribution in [2.75, 3.05) is 33.8 Å². The van der Waals surface area contributed by atoms with Crippen LogP contribution in [0.1, 0.15) is 17.3 Å². The van der Waals surface area contributed by atoms with Crippen molar-refractivity contribution < 1.29 is 9.53 Å². The number of nitrogens with zero attached hydrogens (tertiary/aromatic N) is 3. The quantitative estimate of drug-likeness (QED) is 0.849. The average Bonchev–Trinajstić information content (AvgIpc) is 3.19. The van der Waals surface area contributed by atoms with E-state index in [1.54, 1.807) is 13.3 Å². The van der Waals surface area contributed by atoms with Gasteiger partial charge in [0.05, 0.1) is 13.5 Å². The molecule has 2 saturated heterocycles. The number of hydrogen-bond donors (Lipinski definition) is 0. The van der Waals surface area contributed by atoms with E-state index in [2.05, 4.69) is 29.1 Å². The molecule has 2 aliphatic heterocycles. The second-order valence-electron chi connectivity index (χ2n) is 7.38. The fourth-order valence-corrected chi connectivity index (χ4v) is 4.53. The van der Waals surface area contributed by atoms with Crippen molar-refractivity contribution in [1.29, 1.82) is 0 Å². The highest BCUT2D eigenvalue weighted by molar-refractivity contribution is 5.78. The lowest BCUT2D eigenvalue weighted by molar-refractivity contribution is -0.129. The number of likely N-dealkylation sites (tertiary alicyclic amines) is 2. The third-order valence-corrected chi connectivity index (χ3v) is 5.76. The Hall–Kier alpha value is -2.40. The Kier molecular flexibility index (Phi) is 4.64. The Morgan fingerprint density at radius 3 is 2.65 bits per heavy atom. The van der Waals surface area contributed by atoms with E-state index in [4.69, 9.17) is 4.74 Å². The van der Waals surface area contributed by atoms with E-state index in [1.807, 2.05) is 35.2 Å². The monoisotopic (exact) mass is 351 g/mol. The SMILES string of the molecule is COc1ccc([C@H]2[C@@H]3CN(C(=O)Cc4ccccn4)C[C@@H]3CN2C)cc1. The van der Waals surface area contributed by atoms with Gasteiger partial charge in [-0.05, 0) is 42.8 Å². The average molecular weight is 351 g/mol. The summed E-state index contributed by atoms with van der Waals surface area (Å²) >= 11 is 0. The van der Waals surface area contributed by atoms with Crippen molar-refractivity contribution in [2.24, 2.45) is 11.8 Å². The minimum atomic E-state index is 0.189. The first-order chi connectivity index (χ1) is 12.7. The zero-order valence-corrected chi connectivity index (χ0v) is 15.3. The topological polar surface area (TPSA) is 45.7 Å². The number of aromatic nitrogens is 1. The maximum Gasteiger partial charge on any atom is 0.228 e. The third-order valence-electron chi connectivity index (χ3n) is 5.76. The lowest BCUT2D eigenvalue weighted by atomic mass is 9.89. The zero-order chi connectivity index (χ0) is 18.1. The number of methoxy groups -OCH3 is 1. The van der Waals surface area contributed by atoms with Gasteiger partial charge in [0.25, 0.3) is 0 Å². The van der Waals surface area contributed by atoms with Gasteiger partial charge in [0.15, 0.2) is 0 Å². The highest BCUT2D eigenvalue weighted by Gasteiger charge is 2.47. The summed E-state index contributed by atoms with van der Waals surface area (Å²) in [5, 5.41) is 0. The molecule has 4 rings (SSSR count). The number of benzene rings is 1. The summed E-state index contributed by atoms with van der Waals surface area (Å²) in [4.78, 5) is 21.5. The Morgan fingerprint density at radius 1 is 1.15 bits per heavy atom. The second kappa shape index (κ2) is 7.08. The van der Waals surface area contributed by atoms with Crippen LogP contribution in [-0.4, -0.2) is 54.5 Å². The van der Waals surface area contributed by atoms with Gasteiger partial charge >= 0.3 is 0 Å². The number of pyridine rings is 1. The highest BCUT2D eigenvalue weighted by Crippen LogP contribution is 2.44.